The Morgan fingerprint density at radius 2 is 1.72 bits per heavy atom. The van der Waals surface area contributed by atoms with E-state index in [0.29, 0.717) is 5.75 Å². The molecule has 1 atom stereocenters. The minimum atomic E-state index is -0.868. The third-order valence-electron chi connectivity index (χ3n) is 3.41. The molecule has 0 aliphatic carbocycles. The average Bonchev–Trinajstić information content (AvgIpc) is 2.61. The van der Waals surface area contributed by atoms with Crippen LogP contribution in [-0.2, 0) is 4.79 Å². The zero-order valence-corrected chi connectivity index (χ0v) is 13.7. The minimum absolute atomic E-state index is 0.153. The number of amides is 2. The number of para-hydroxylation sites is 2. The van der Waals surface area contributed by atoms with Gasteiger partial charge in [-0.05, 0) is 31.5 Å². The summed E-state index contributed by atoms with van der Waals surface area (Å²) in [5, 5.41) is 10.9. The Morgan fingerprint density at radius 3 is 2.40 bits per heavy atom. The smallest absolute Gasteiger partial charge is 0.282 e. The normalized spacial score (nSPS) is 11.3. The number of carbonyl (C=O) groups excluding carboxylic acids is 2. The van der Waals surface area contributed by atoms with Crippen molar-refractivity contribution >= 4 is 17.5 Å². The number of rotatable bonds is 5. The van der Waals surface area contributed by atoms with Crippen LogP contribution in [0.2, 0.25) is 0 Å². The number of nitro benzene ring substituents is 1. The van der Waals surface area contributed by atoms with Gasteiger partial charge in [-0.3, -0.25) is 30.6 Å². The van der Waals surface area contributed by atoms with Crippen LogP contribution in [0.4, 0.5) is 5.69 Å². The summed E-state index contributed by atoms with van der Waals surface area (Å²) in [6, 6.07) is 12.7. The highest BCUT2D eigenvalue weighted by Crippen LogP contribution is 2.18. The maximum absolute atomic E-state index is 12.0. The molecule has 0 aliphatic rings. The molecule has 0 bridgehead atoms. The van der Waals surface area contributed by atoms with Crippen LogP contribution in [0.1, 0.15) is 22.8 Å². The van der Waals surface area contributed by atoms with Gasteiger partial charge in [-0.15, -0.1) is 0 Å². The van der Waals surface area contributed by atoms with Crippen molar-refractivity contribution < 1.29 is 19.2 Å². The van der Waals surface area contributed by atoms with Crippen molar-refractivity contribution in [2.45, 2.75) is 20.0 Å². The quantitative estimate of drug-likeness (QED) is 0.638. The zero-order valence-electron chi connectivity index (χ0n) is 13.7. The molecule has 0 saturated carbocycles. The Hall–Kier alpha value is -3.42. The zero-order chi connectivity index (χ0) is 18.4. The Bertz CT molecular complexity index is 806. The average molecular weight is 343 g/mol. The summed E-state index contributed by atoms with van der Waals surface area (Å²) < 4.78 is 5.54. The lowest BCUT2D eigenvalue weighted by atomic mass is 10.2. The van der Waals surface area contributed by atoms with Crippen molar-refractivity contribution in [3.63, 3.8) is 0 Å². The molecule has 0 radical (unpaired) electrons. The number of benzene rings is 2. The third kappa shape index (κ3) is 4.54. The van der Waals surface area contributed by atoms with Gasteiger partial charge in [0.1, 0.15) is 11.3 Å². The van der Waals surface area contributed by atoms with Crippen LogP contribution in [0.15, 0.2) is 48.5 Å². The fourth-order valence-corrected chi connectivity index (χ4v) is 2.04. The first-order valence-electron chi connectivity index (χ1n) is 7.46. The standard InChI is InChI=1S/C17H17N3O5/c1-11-7-3-6-10-15(11)25-12(2)16(21)18-19-17(22)13-8-4-5-9-14(13)20(23)24/h3-10,12H,1-2H3,(H,18,21)(H,19,22). The molecular formula is C17H17N3O5. The minimum Gasteiger partial charge on any atom is -0.481 e. The van der Waals surface area contributed by atoms with Crippen molar-refractivity contribution in [1.29, 1.82) is 0 Å². The number of nitro groups is 1. The van der Waals surface area contributed by atoms with Crippen molar-refractivity contribution in [3.05, 3.63) is 69.8 Å². The van der Waals surface area contributed by atoms with E-state index in [9.17, 15) is 19.7 Å². The molecule has 2 amide bonds. The van der Waals surface area contributed by atoms with Gasteiger partial charge >= 0.3 is 0 Å². The van der Waals surface area contributed by atoms with Crippen LogP contribution in [0.3, 0.4) is 0 Å². The molecular weight excluding hydrogens is 326 g/mol. The number of hydrogen-bond donors (Lipinski definition) is 2. The van der Waals surface area contributed by atoms with Gasteiger partial charge in [0.05, 0.1) is 4.92 Å². The molecule has 2 aromatic rings. The molecule has 2 N–H and O–H groups in total. The number of hydrogen-bond acceptors (Lipinski definition) is 5. The fraction of sp³-hybridized carbons (Fsp3) is 0.176. The lowest BCUT2D eigenvalue weighted by Gasteiger charge is -2.16. The predicted octanol–water partition coefficient (Wildman–Crippen LogP) is 2.13. The molecule has 0 fully saturated rings. The van der Waals surface area contributed by atoms with Crippen molar-refractivity contribution in [2.24, 2.45) is 0 Å². The first-order chi connectivity index (χ1) is 11.9. The number of nitrogens with one attached hydrogen (secondary N) is 2. The van der Waals surface area contributed by atoms with Crippen LogP contribution in [0.5, 0.6) is 5.75 Å². The van der Waals surface area contributed by atoms with Gasteiger partial charge in [0, 0.05) is 6.07 Å². The maximum Gasteiger partial charge on any atom is 0.282 e. The summed E-state index contributed by atoms with van der Waals surface area (Å²) in [6.07, 6.45) is -0.868. The largest absolute Gasteiger partial charge is 0.481 e. The van der Waals surface area contributed by atoms with Crippen LogP contribution in [-0.4, -0.2) is 22.8 Å². The highest BCUT2D eigenvalue weighted by Gasteiger charge is 2.21. The lowest BCUT2D eigenvalue weighted by molar-refractivity contribution is -0.385. The molecule has 8 heteroatoms. The summed E-state index contributed by atoms with van der Waals surface area (Å²) in [7, 11) is 0. The number of aryl methyl sites for hydroxylation is 1. The predicted molar refractivity (Wildman–Crippen MR) is 90.0 cm³/mol. The van der Waals surface area contributed by atoms with Crippen LogP contribution in [0.25, 0.3) is 0 Å². The van der Waals surface area contributed by atoms with Gasteiger partial charge in [-0.25, -0.2) is 0 Å². The molecule has 25 heavy (non-hydrogen) atoms. The summed E-state index contributed by atoms with van der Waals surface area (Å²) in [6.45, 7) is 3.37. The molecule has 0 heterocycles. The highest BCUT2D eigenvalue weighted by molar-refractivity contribution is 5.99. The lowest BCUT2D eigenvalue weighted by Crippen LogP contribution is -2.47. The van der Waals surface area contributed by atoms with Gasteiger partial charge < -0.3 is 4.74 Å². The molecule has 0 saturated heterocycles. The van der Waals surface area contributed by atoms with Crippen molar-refractivity contribution in [2.75, 3.05) is 0 Å². The monoisotopic (exact) mass is 343 g/mol. The van der Waals surface area contributed by atoms with E-state index in [4.69, 9.17) is 4.74 Å². The number of nitrogens with zero attached hydrogens (tertiary/aromatic N) is 1. The van der Waals surface area contributed by atoms with Gasteiger partial charge in [-0.1, -0.05) is 30.3 Å². The Morgan fingerprint density at radius 1 is 1.08 bits per heavy atom. The van der Waals surface area contributed by atoms with E-state index in [1.54, 1.807) is 12.1 Å². The van der Waals surface area contributed by atoms with E-state index in [1.165, 1.54) is 31.2 Å². The third-order valence-corrected chi connectivity index (χ3v) is 3.41. The van der Waals surface area contributed by atoms with E-state index < -0.39 is 22.8 Å². The number of carbonyl (C=O) groups is 2. The Labute approximate surface area is 143 Å². The van der Waals surface area contributed by atoms with Gasteiger partial charge in [0.2, 0.25) is 0 Å². The second kappa shape index (κ2) is 7.91. The van der Waals surface area contributed by atoms with Crippen molar-refractivity contribution in [3.8, 4) is 5.75 Å². The first-order valence-corrected chi connectivity index (χ1v) is 7.46. The first kappa shape index (κ1) is 17.9. The van der Waals surface area contributed by atoms with Gasteiger partial charge in [0.15, 0.2) is 6.10 Å². The Balaban J connectivity index is 1.96. The van der Waals surface area contributed by atoms with Gasteiger partial charge in [-0.2, -0.15) is 0 Å². The molecule has 1 unspecified atom stereocenters. The summed E-state index contributed by atoms with van der Waals surface area (Å²) in [4.78, 5) is 34.3. The highest BCUT2D eigenvalue weighted by atomic mass is 16.6. The van der Waals surface area contributed by atoms with E-state index in [-0.39, 0.29) is 11.3 Å². The van der Waals surface area contributed by atoms with Crippen LogP contribution < -0.4 is 15.6 Å². The van der Waals surface area contributed by atoms with E-state index in [1.807, 2.05) is 19.1 Å². The fourth-order valence-electron chi connectivity index (χ4n) is 2.04. The molecule has 0 aliphatic heterocycles. The molecule has 0 aromatic heterocycles. The van der Waals surface area contributed by atoms with E-state index >= 15 is 0 Å². The SMILES string of the molecule is Cc1ccccc1OC(C)C(=O)NNC(=O)c1ccccc1[N+](=O)[O-]. The second-order valence-corrected chi connectivity index (χ2v) is 5.24. The molecule has 0 spiro atoms. The van der Waals surface area contributed by atoms with Crippen molar-refractivity contribution in [1.82, 2.24) is 10.9 Å². The molecule has 130 valence electrons. The van der Waals surface area contributed by atoms with Crippen LogP contribution in [0, 0.1) is 17.0 Å². The molecule has 2 rings (SSSR count). The van der Waals surface area contributed by atoms with Crippen LogP contribution >= 0.6 is 0 Å². The molecule has 2 aromatic carbocycles. The summed E-state index contributed by atoms with van der Waals surface area (Å²) >= 11 is 0. The topological polar surface area (TPSA) is 111 Å². The summed E-state index contributed by atoms with van der Waals surface area (Å²) in [5.41, 5.74) is 4.72. The van der Waals surface area contributed by atoms with E-state index in [0.717, 1.165) is 5.56 Å². The number of hydrazine groups is 1. The maximum atomic E-state index is 12.0. The molecule has 8 nitrogen and oxygen atoms in total. The van der Waals surface area contributed by atoms with Gasteiger partial charge in [0.25, 0.3) is 17.5 Å². The second-order valence-electron chi connectivity index (χ2n) is 5.24. The Kier molecular flexibility index (Phi) is 5.67. The van der Waals surface area contributed by atoms with E-state index in [2.05, 4.69) is 10.9 Å². The summed E-state index contributed by atoms with van der Waals surface area (Å²) in [5.74, 6) is -0.825. The number of ether oxygens (including phenoxy) is 1.